The number of rotatable bonds is 5. The van der Waals surface area contributed by atoms with Crippen molar-refractivity contribution in [2.24, 2.45) is 7.05 Å². The number of carbonyl (C=O) groups is 2. The Balaban J connectivity index is 1.65. The first kappa shape index (κ1) is 19.2. The fourth-order valence-corrected chi connectivity index (χ4v) is 3.75. The van der Waals surface area contributed by atoms with Gasteiger partial charge in [-0.25, -0.2) is 0 Å². The van der Waals surface area contributed by atoms with E-state index in [9.17, 15) is 9.59 Å². The number of amides is 2. The molecular formula is C21H28N4O2. The first-order valence-corrected chi connectivity index (χ1v) is 9.48. The van der Waals surface area contributed by atoms with Crippen molar-refractivity contribution in [3.05, 3.63) is 53.3 Å². The highest BCUT2D eigenvalue weighted by Gasteiger charge is 2.26. The molecule has 1 aromatic carbocycles. The number of aromatic nitrogens is 1. The van der Waals surface area contributed by atoms with Gasteiger partial charge in [-0.05, 0) is 63.0 Å². The maximum absolute atomic E-state index is 12.4. The molecule has 0 radical (unpaired) electrons. The Hall–Kier alpha value is -2.60. The smallest absolute Gasteiger partial charge is 0.313 e. The lowest BCUT2D eigenvalue weighted by Crippen LogP contribution is -2.42. The van der Waals surface area contributed by atoms with E-state index in [-0.39, 0.29) is 6.04 Å². The molecule has 1 aliphatic rings. The molecule has 2 aromatic rings. The van der Waals surface area contributed by atoms with E-state index in [1.807, 2.05) is 51.4 Å². The van der Waals surface area contributed by atoms with Crippen molar-refractivity contribution in [2.45, 2.75) is 32.7 Å². The van der Waals surface area contributed by atoms with Crippen LogP contribution in [0.1, 0.15) is 35.7 Å². The Morgan fingerprint density at radius 1 is 1.04 bits per heavy atom. The van der Waals surface area contributed by atoms with E-state index in [4.69, 9.17) is 0 Å². The first-order valence-electron chi connectivity index (χ1n) is 9.48. The molecule has 27 heavy (non-hydrogen) atoms. The van der Waals surface area contributed by atoms with Crippen molar-refractivity contribution >= 4 is 17.5 Å². The quantitative estimate of drug-likeness (QED) is 0.797. The van der Waals surface area contributed by atoms with Crippen LogP contribution >= 0.6 is 0 Å². The van der Waals surface area contributed by atoms with Gasteiger partial charge in [-0.1, -0.05) is 18.2 Å². The lowest BCUT2D eigenvalue weighted by atomic mass is 10.1. The zero-order valence-corrected chi connectivity index (χ0v) is 16.3. The van der Waals surface area contributed by atoms with Crippen LogP contribution in [0.3, 0.4) is 0 Å². The van der Waals surface area contributed by atoms with Gasteiger partial charge in [-0.3, -0.25) is 14.5 Å². The number of nitrogens with zero attached hydrogens (tertiary/aromatic N) is 2. The van der Waals surface area contributed by atoms with Gasteiger partial charge in [0.2, 0.25) is 0 Å². The number of likely N-dealkylation sites (tertiary alicyclic amines) is 1. The molecule has 144 valence electrons. The molecular weight excluding hydrogens is 340 g/mol. The van der Waals surface area contributed by atoms with Gasteiger partial charge in [-0.15, -0.1) is 0 Å². The predicted molar refractivity (Wildman–Crippen MR) is 107 cm³/mol. The fourth-order valence-electron chi connectivity index (χ4n) is 3.75. The lowest BCUT2D eigenvalue weighted by Gasteiger charge is -2.28. The van der Waals surface area contributed by atoms with Gasteiger partial charge in [-0.2, -0.15) is 0 Å². The van der Waals surface area contributed by atoms with Crippen molar-refractivity contribution in [1.29, 1.82) is 0 Å². The van der Waals surface area contributed by atoms with Crippen molar-refractivity contribution in [1.82, 2.24) is 14.8 Å². The molecule has 1 aromatic heterocycles. The summed E-state index contributed by atoms with van der Waals surface area (Å²) >= 11 is 0. The highest BCUT2D eigenvalue weighted by Crippen LogP contribution is 2.24. The summed E-state index contributed by atoms with van der Waals surface area (Å²) in [6.07, 6.45) is 4.34. The topological polar surface area (TPSA) is 66.4 Å². The van der Waals surface area contributed by atoms with E-state index in [2.05, 4.69) is 26.2 Å². The average molecular weight is 368 g/mol. The molecule has 2 amide bonds. The summed E-state index contributed by atoms with van der Waals surface area (Å²) in [5.74, 6) is -1.23. The lowest BCUT2D eigenvalue weighted by molar-refractivity contribution is -0.136. The third-order valence-corrected chi connectivity index (χ3v) is 5.29. The van der Waals surface area contributed by atoms with Crippen LogP contribution in [-0.2, 0) is 16.6 Å². The molecule has 6 heteroatoms. The number of hydrogen-bond acceptors (Lipinski definition) is 3. The summed E-state index contributed by atoms with van der Waals surface area (Å²) in [5, 5.41) is 5.58. The highest BCUT2D eigenvalue weighted by molar-refractivity contribution is 6.39. The fraction of sp³-hybridized carbons (Fsp3) is 0.429. The van der Waals surface area contributed by atoms with Crippen LogP contribution in [0, 0.1) is 13.8 Å². The molecule has 0 aliphatic carbocycles. The second-order valence-electron chi connectivity index (χ2n) is 7.23. The summed E-state index contributed by atoms with van der Waals surface area (Å²) in [6, 6.07) is 9.92. The van der Waals surface area contributed by atoms with Crippen LogP contribution in [0.2, 0.25) is 0 Å². The van der Waals surface area contributed by atoms with Crippen LogP contribution in [0.15, 0.2) is 36.5 Å². The van der Waals surface area contributed by atoms with E-state index < -0.39 is 11.8 Å². The summed E-state index contributed by atoms with van der Waals surface area (Å²) < 4.78 is 2.08. The minimum absolute atomic E-state index is 0.0736. The number of aryl methyl sites for hydroxylation is 3. The van der Waals surface area contributed by atoms with E-state index in [1.54, 1.807) is 0 Å². The molecule has 2 N–H and O–H groups in total. The van der Waals surface area contributed by atoms with E-state index in [0.29, 0.717) is 12.2 Å². The third kappa shape index (κ3) is 4.39. The summed E-state index contributed by atoms with van der Waals surface area (Å²) in [6.45, 7) is 6.27. The van der Waals surface area contributed by atoms with Crippen molar-refractivity contribution in [2.75, 3.05) is 25.0 Å². The van der Waals surface area contributed by atoms with Crippen molar-refractivity contribution in [3.63, 3.8) is 0 Å². The van der Waals surface area contributed by atoms with Gasteiger partial charge < -0.3 is 15.2 Å². The zero-order chi connectivity index (χ0) is 19.4. The minimum atomic E-state index is -0.626. The van der Waals surface area contributed by atoms with Gasteiger partial charge in [0.05, 0.1) is 6.04 Å². The molecule has 6 nitrogen and oxygen atoms in total. The van der Waals surface area contributed by atoms with Gasteiger partial charge in [0, 0.05) is 31.2 Å². The molecule has 1 fully saturated rings. The number of anilines is 1. The summed E-state index contributed by atoms with van der Waals surface area (Å²) in [7, 11) is 2.01. The van der Waals surface area contributed by atoms with Gasteiger partial charge in [0.15, 0.2) is 0 Å². The van der Waals surface area contributed by atoms with E-state index in [0.717, 1.165) is 29.9 Å². The Labute approximate surface area is 160 Å². The van der Waals surface area contributed by atoms with Crippen LogP contribution in [-0.4, -0.2) is 40.9 Å². The highest BCUT2D eigenvalue weighted by atomic mass is 16.2. The summed E-state index contributed by atoms with van der Waals surface area (Å²) in [5.41, 5.74) is 3.73. The molecule has 1 atom stereocenters. The second-order valence-corrected chi connectivity index (χ2v) is 7.23. The Kier molecular flexibility index (Phi) is 5.96. The number of nitrogens with one attached hydrogen (secondary N) is 2. The molecule has 1 saturated heterocycles. The molecule has 1 unspecified atom stereocenters. The zero-order valence-electron chi connectivity index (χ0n) is 16.3. The molecule has 3 rings (SSSR count). The van der Waals surface area contributed by atoms with Gasteiger partial charge in [0.1, 0.15) is 0 Å². The van der Waals surface area contributed by atoms with Crippen LogP contribution in [0.25, 0.3) is 0 Å². The average Bonchev–Trinajstić information content (AvgIpc) is 3.31. The maximum atomic E-state index is 12.4. The minimum Gasteiger partial charge on any atom is -0.353 e. The van der Waals surface area contributed by atoms with Crippen LogP contribution < -0.4 is 10.6 Å². The van der Waals surface area contributed by atoms with Crippen LogP contribution in [0.4, 0.5) is 5.69 Å². The molecule has 0 bridgehead atoms. The van der Waals surface area contributed by atoms with Crippen molar-refractivity contribution < 1.29 is 9.59 Å². The first-order chi connectivity index (χ1) is 13.0. The number of hydrogen-bond donors (Lipinski definition) is 2. The standard InChI is InChI=1S/C21H28N4O2/c1-15-8-6-9-16(2)19(15)23-21(27)20(26)22-14-18(25-12-4-5-13-25)17-10-7-11-24(17)3/h6-11,18H,4-5,12-14H2,1-3H3,(H,22,26)(H,23,27). The Bertz CT molecular complexity index is 801. The third-order valence-electron chi connectivity index (χ3n) is 5.29. The van der Waals surface area contributed by atoms with Crippen LogP contribution in [0.5, 0.6) is 0 Å². The molecule has 2 heterocycles. The van der Waals surface area contributed by atoms with Gasteiger partial charge in [0.25, 0.3) is 0 Å². The number of carbonyl (C=O) groups excluding carboxylic acids is 2. The Morgan fingerprint density at radius 3 is 2.30 bits per heavy atom. The largest absolute Gasteiger partial charge is 0.353 e. The van der Waals surface area contributed by atoms with Gasteiger partial charge >= 0.3 is 11.8 Å². The summed E-state index contributed by atoms with van der Waals surface area (Å²) in [4.78, 5) is 27.1. The molecule has 0 saturated carbocycles. The van der Waals surface area contributed by atoms with Crippen molar-refractivity contribution in [3.8, 4) is 0 Å². The Morgan fingerprint density at radius 2 is 1.70 bits per heavy atom. The SMILES string of the molecule is Cc1cccc(C)c1NC(=O)C(=O)NCC(c1cccn1C)N1CCCC1. The van der Waals surface area contributed by atoms with E-state index >= 15 is 0 Å². The predicted octanol–water partition coefficient (Wildman–Crippen LogP) is 2.53. The monoisotopic (exact) mass is 368 g/mol. The number of para-hydroxylation sites is 1. The second kappa shape index (κ2) is 8.39. The van der Waals surface area contributed by atoms with E-state index in [1.165, 1.54) is 12.8 Å². The molecule has 1 aliphatic heterocycles. The normalized spacial score (nSPS) is 15.5. The maximum Gasteiger partial charge on any atom is 0.313 e. The number of benzene rings is 1. The molecule has 0 spiro atoms.